The van der Waals surface area contributed by atoms with Gasteiger partial charge < -0.3 is 4.74 Å². The van der Waals surface area contributed by atoms with E-state index in [1.54, 1.807) is 6.07 Å². The summed E-state index contributed by atoms with van der Waals surface area (Å²) < 4.78 is 46.3. The Morgan fingerprint density at radius 3 is 2.27 bits per heavy atom. The third-order valence-electron chi connectivity index (χ3n) is 4.82. The molecule has 0 unspecified atom stereocenters. The molecule has 0 aliphatic heterocycles. The molecule has 0 heterocycles. The van der Waals surface area contributed by atoms with Crippen molar-refractivity contribution in [2.45, 2.75) is 51.0 Å². The first-order valence-electron chi connectivity index (χ1n) is 8.77. The van der Waals surface area contributed by atoms with Crippen LogP contribution in [-0.2, 0) is 28.9 Å². The summed E-state index contributed by atoms with van der Waals surface area (Å²) in [6.07, 6.45) is -2.77. The summed E-state index contributed by atoms with van der Waals surface area (Å²) in [6, 6.07) is 13.8. The smallest absolute Gasteiger partial charge is 0.372 e. The highest BCUT2D eigenvalue weighted by molar-refractivity contribution is 5.79. The summed E-state index contributed by atoms with van der Waals surface area (Å²) in [4.78, 5) is 11.5. The van der Waals surface area contributed by atoms with E-state index in [1.165, 1.54) is 6.07 Å². The Morgan fingerprint density at radius 2 is 1.62 bits per heavy atom. The van der Waals surface area contributed by atoms with E-state index in [-0.39, 0.29) is 18.3 Å². The van der Waals surface area contributed by atoms with Crippen molar-refractivity contribution in [2.24, 2.45) is 0 Å². The van der Waals surface area contributed by atoms with Gasteiger partial charge in [0.25, 0.3) is 0 Å². The standard InChI is InChI=1S/C21H21F3O2/c22-21(23,24)19-8-4-7-17(14-26-13-15-5-2-1-3-6-15)20(19)16-9-11-18(25)12-10-16/h1-8,16H,9-14H2. The predicted octanol–water partition coefficient (Wildman–Crippen LogP) is 5.65. The molecule has 0 N–H and O–H groups in total. The zero-order valence-electron chi connectivity index (χ0n) is 14.4. The van der Waals surface area contributed by atoms with E-state index in [1.807, 2.05) is 30.3 Å². The van der Waals surface area contributed by atoms with Crippen molar-refractivity contribution in [3.63, 3.8) is 0 Å². The van der Waals surface area contributed by atoms with Crippen molar-refractivity contribution in [1.82, 2.24) is 0 Å². The number of hydrogen-bond donors (Lipinski definition) is 0. The third kappa shape index (κ3) is 4.52. The van der Waals surface area contributed by atoms with E-state index in [9.17, 15) is 18.0 Å². The van der Waals surface area contributed by atoms with Crippen LogP contribution in [0.2, 0.25) is 0 Å². The van der Waals surface area contributed by atoms with Gasteiger partial charge in [0.2, 0.25) is 0 Å². The fourth-order valence-electron chi connectivity index (χ4n) is 3.55. The number of alkyl halides is 3. The average Bonchev–Trinajstić information content (AvgIpc) is 2.62. The van der Waals surface area contributed by atoms with Gasteiger partial charge in [0.05, 0.1) is 18.8 Å². The minimum absolute atomic E-state index is 0.124. The third-order valence-corrected chi connectivity index (χ3v) is 4.82. The molecule has 3 rings (SSSR count). The molecule has 2 aromatic rings. The van der Waals surface area contributed by atoms with Crippen molar-refractivity contribution < 1.29 is 22.7 Å². The monoisotopic (exact) mass is 362 g/mol. The van der Waals surface area contributed by atoms with Crippen LogP contribution >= 0.6 is 0 Å². The first-order valence-corrected chi connectivity index (χ1v) is 8.77. The maximum atomic E-state index is 13.5. The first kappa shape index (κ1) is 18.6. The van der Waals surface area contributed by atoms with E-state index in [4.69, 9.17) is 4.74 Å². The van der Waals surface area contributed by atoms with Crippen molar-refractivity contribution in [2.75, 3.05) is 0 Å². The molecule has 1 aliphatic rings. The van der Waals surface area contributed by atoms with Gasteiger partial charge in [0, 0.05) is 12.8 Å². The Hall–Kier alpha value is -2.14. The lowest BCUT2D eigenvalue weighted by molar-refractivity contribution is -0.138. The van der Waals surface area contributed by atoms with Gasteiger partial charge in [-0.05, 0) is 41.5 Å². The van der Waals surface area contributed by atoms with Gasteiger partial charge in [0.15, 0.2) is 0 Å². The molecule has 2 aromatic carbocycles. The van der Waals surface area contributed by atoms with E-state index in [0.717, 1.165) is 11.6 Å². The van der Waals surface area contributed by atoms with Crippen LogP contribution in [-0.4, -0.2) is 5.78 Å². The van der Waals surface area contributed by atoms with Crippen LogP contribution in [0.3, 0.4) is 0 Å². The van der Waals surface area contributed by atoms with Gasteiger partial charge in [-0.1, -0.05) is 42.5 Å². The number of ether oxygens (including phenoxy) is 1. The second kappa shape index (κ2) is 8.04. The molecule has 0 radical (unpaired) electrons. The number of benzene rings is 2. The molecule has 0 spiro atoms. The molecule has 1 fully saturated rings. The summed E-state index contributed by atoms with van der Waals surface area (Å²) in [5.41, 5.74) is 1.25. The number of Topliss-reactive ketones (excluding diaryl/α,β-unsaturated/α-hetero) is 1. The predicted molar refractivity (Wildman–Crippen MR) is 92.6 cm³/mol. The Labute approximate surface area is 151 Å². The molecule has 138 valence electrons. The summed E-state index contributed by atoms with van der Waals surface area (Å²) in [6.45, 7) is 0.471. The largest absolute Gasteiger partial charge is 0.416 e. The number of carbonyl (C=O) groups excluding carboxylic acids is 1. The summed E-state index contributed by atoms with van der Waals surface area (Å²) in [5, 5.41) is 0. The molecule has 0 amide bonds. The van der Waals surface area contributed by atoms with E-state index in [0.29, 0.717) is 43.4 Å². The molecule has 5 heteroatoms. The van der Waals surface area contributed by atoms with Gasteiger partial charge in [0.1, 0.15) is 5.78 Å². The second-order valence-corrected chi connectivity index (χ2v) is 6.67. The molecule has 0 saturated heterocycles. The normalized spacial score (nSPS) is 16.0. The minimum Gasteiger partial charge on any atom is -0.372 e. The number of halogens is 3. The van der Waals surface area contributed by atoms with E-state index >= 15 is 0 Å². The van der Waals surface area contributed by atoms with Crippen LogP contribution in [0.1, 0.15) is 53.9 Å². The molecule has 2 nitrogen and oxygen atoms in total. The molecular formula is C21H21F3O2. The van der Waals surface area contributed by atoms with Gasteiger partial charge in [-0.15, -0.1) is 0 Å². The number of ketones is 1. The Balaban J connectivity index is 1.82. The van der Waals surface area contributed by atoms with E-state index in [2.05, 4.69) is 0 Å². The highest BCUT2D eigenvalue weighted by Gasteiger charge is 2.37. The van der Waals surface area contributed by atoms with Crippen LogP contribution in [0.25, 0.3) is 0 Å². The fourth-order valence-corrected chi connectivity index (χ4v) is 3.55. The number of carbonyl (C=O) groups is 1. The van der Waals surface area contributed by atoms with Gasteiger partial charge >= 0.3 is 6.18 Å². The number of hydrogen-bond acceptors (Lipinski definition) is 2. The van der Waals surface area contributed by atoms with Gasteiger partial charge in [-0.25, -0.2) is 0 Å². The Bertz CT molecular complexity index is 744. The van der Waals surface area contributed by atoms with Crippen LogP contribution in [0.4, 0.5) is 13.2 Å². The SMILES string of the molecule is O=C1CCC(c2c(COCc3ccccc3)cccc2C(F)(F)F)CC1. The van der Waals surface area contributed by atoms with E-state index < -0.39 is 11.7 Å². The lowest BCUT2D eigenvalue weighted by Crippen LogP contribution is -2.19. The summed E-state index contributed by atoms with van der Waals surface area (Å²) in [5.74, 6) is -0.117. The van der Waals surface area contributed by atoms with Crippen molar-refractivity contribution in [3.05, 3.63) is 70.8 Å². The minimum atomic E-state index is -4.41. The maximum Gasteiger partial charge on any atom is 0.416 e. The molecular weight excluding hydrogens is 341 g/mol. The fraction of sp³-hybridized carbons (Fsp3) is 0.381. The Kier molecular flexibility index (Phi) is 5.77. The zero-order chi connectivity index (χ0) is 18.6. The van der Waals surface area contributed by atoms with Crippen molar-refractivity contribution in [1.29, 1.82) is 0 Å². The van der Waals surface area contributed by atoms with Gasteiger partial charge in [-0.2, -0.15) is 13.2 Å². The molecule has 0 aromatic heterocycles. The molecule has 1 saturated carbocycles. The lowest BCUT2D eigenvalue weighted by Gasteiger charge is -2.27. The van der Waals surface area contributed by atoms with Crippen molar-refractivity contribution >= 4 is 5.78 Å². The topological polar surface area (TPSA) is 26.3 Å². The highest BCUT2D eigenvalue weighted by Crippen LogP contribution is 2.42. The quantitative estimate of drug-likeness (QED) is 0.687. The number of rotatable bonds is 5. The van der Waals surface area contributed by atoms with Gasteiger partial charge in [-0.3, -0.25) is 4.79 Å². The zero-order valence-corrected chi connectivity index (χ0v) is 14.4. The van der Waals surface area contributed by atoms with Crippen LogP contribution < -0.4 is 0 Å². The van der Waals surface area contributed by atoms with Crippen LogP contribution in [0.15, 0.2) is 48.5 Å². The Morgan fingerprint density at radius 1 is 0.923 bits per heavy atom. The lowest BCUT2D eigenvalue weighted by atomic mass is 9.79. The first-order chi connectivity index (χ1) is 12.4. The second-order valence-electron chi connectivity index (χ2n) is 6.67. The molecule has 1 aliphatic carbocycles. The van der Waals surface area contributed by atoms with Crippen LogP contribution in [0.5, 0.6) is 0 Å². The molecule has 0 bridgehead atoms. The summed E-state index contributed by atoms with van der Waals surface area (Å²) >= 11 is 0. The maximum absolute atomic E-state index is 13.5. The molecule has 26 heavy (non-hydrogen) atoms. The average molecular weight is 362 g/mol. The summed E-state index contributed by atoms with van der Waals surface area (Å²) in [7, 11) is 0. The molecule has 0 atom stereocenters. The highest BCUT2D eigenvalue weighted by atomic mass is 19.4. The van der Waals surface area contributed by atoms with Crippen molar-refractivity contribution in [3.8, 4) is 0 Å². The van der Waals surface area contributed by atoms with Crippen LogP contribution in [0, 0.1) is 0 Å².